The molecule has 0 spiro atoms. The van der Waals surface area contributed by atoms with Crippen molar-refractivity contribution in [3.8, 4) is 0 Å². The molecule has 10 heteroatoms. The lowest BCUT2D eigenvalue weighted by Crippen LogP contribution is -2.13. The smallest absolute Gasteiger partial charge is 0.296 e. The SMILES string of the molecule is Nc1cc(NCS(=O)(=O)O)ccc1S(=O)(=O)O. The van der Waals surface area contributed by atoms with Crippen LogP contribution in [0.1, 0.15) is 0 Å². The number of benzene rings is 1. The van der Waals surface area contributed by atoms with E-state index in [2.05, 4.69) is 5.32 Å². The van der Waals surface area contributed by atoms with Crippen LogP contribution in [0.2, 0.25) is 0 Å². The minimum Gasteiger partial charge on any atom is -0.398 e. The second-order valence-electron chi connectivity index (χ2n) is 3.13. The summed E-state index contributed by atoms with van der Waals surface area (Å²) in [7, 11) is -8.61. The third kappa shape index (κ3) is 4.19. The van der Waals surface area contributed by atoms with Gasteiger partial charge in [-0.3, -0.25) is 9.11 Å². The molecule has 8 nitrogen and oxygen atoms in total. The highest BCUT2D eigenvalue weighted by Crippen LogP contribution is 2.22. The van der Waals surface area contributed by atoms with Gasteiger partial charge in [-0.15, -0.1) is 0 Å². The Morgan fingerprint density at radius 1 is 1.18 bits per heavy atom. The molecule has 0 aliphatic heterocycles. The molecule has 1 aromatic carbocycles. The van der Waals surface area contributed by atoms with Crippen molar-refractivity contribution in [1.82, 2.24) is 0 Å². The fraction of sp³-hybridized carbons (Fsp3) is 0.143. The zero-order valence-corrected chi connectivity index (χ0v) is 9.99. The van der Waals surface area contributed by atoms with E-state index in [0.717, 1.165) is 12.1 Å². The van der Waals surface area contributed by atoms with Gasteiger partial charge in [0.25, 0.3) is 20.2 Å². The van der Waals surface area contributed by atoms with E-state index >= 15 is 0 Å². The van der Waals surface area contributed by atoms with Gasteiger partial charge in [0.05, 0.1) is 5.69 Å². The van der Waals surface area contributed by atoms with Crippen LogP contribution < -0.4 is 11.1 Å². The van der Waals surface area contributed by atoms with Gasteiger partial charge in [-0.2, -0.15) is 16.8 Å². The first-order valence-electron chi connectivity index (χ1n) is 4.15. The lowest BCUT2D eigenvalue weighted by atomic mass is 10.3. The molecule has 1 rings (SSSR count). The van der Waals surface area contributed by atoms with Crippen molar-refractivity contribution in [3.05, 3.63) is 18.2 Å². The highest BCUT2D eigenvalue weighted by molar-refractivity contribution is 7.86. The minimum atomic E-state index is -4.41. The van der Waals surface area contributed by atoms with Crippen LogP contribution in [0.3, 0.4) is 0 Å². The molecule has 0 unspecified atom stereocenters. The Morgan fingerprint density at radius 3 is 2.18 bits per heavy atom. The fourth-order valence-electron chi connectivity index (χ4n) is 1.07. The summed E-state index contributed by atoms with van der Waals surface area (Å²) in [5, 5.41) is 2.31. The molecule has 96 valence electrons. The molecule has 1 aromatic rings. The molecule has 0 aromatic heterocycles. The van der Waals surface area contributed by atoms with E-state index in [1.165, 1.54) is 6.07 Å². The predicted octanol–water partition coefficient (Wildman–Crippen LogP) is -0.227. The number of nitrogen functional groups attached to an aromatic ring is 1. The first-order chi connectivity index (χ1) is 7.59. The van der Waals surface area contributed by atoms with Gasteiger partial charge in [0.1, 0.15) is 10.8 Å². The molecule has 0 heterocycles. The predicted molar refractivity (Wildman–Crippen MR) is 60.7 cm³/mol. The summed E-state index contributed by atoms with van der Waals surface area (Å²) in [6, 6.07) is 3.33. The molecule has 0 aliphatic rings. The van der Waals surface area contributed by atoms with Crippen LogP contribution in [-0.4, -0.2) is 31.8 Å². The number of nitrogens with one attached hydrogen (secondary N) is 1. The second-order valence-corrected chi connectivity index (χ2v) is 5.97. The Bertz CT molecular complexity index is 622. The maximum Gasteiger partial charge on any atom is 0.296 e. The van der Waals surface area contributed by atoms with Gasteiger partial charge < -0.3 is 11.1 Å². The fourth-order valence-corrected chi connectivity index (χ4v) is 2.01. The zero-order chi connectivity index (χ0) is 13.3. The Hall–Kier alpha value is -1.36. The Labute approximate surface area is 97.9 Å². The van der Waals surface area contributed by atoms with E-state index in [9.17, 15) is 16.8 Å². The molecule has 17 heavy (non-hydrogen) atoms. The van der Waals surface area contributed by atoms with Crippen LogP contribution in [0.25, 0.3) is 0 Å². The van der Waals surface area contributed by atoms with E-state index in [0.29, 0.717) is 0 Å². The van der Waals surface area contributed by atoms with Crippen LogP contribution >= 0.6 is 0 Å². The second kappa shape index (κ2) is 4.49. The van der Waals surface area contributed by atoms with E-state index in [4.69, 9.17) is 14.8 Å². The van der Waals surface area contributed by atoms with Gasteiger partial charge in [0.2, 0.25) is 0 Å². The molecule has 0 saturated carbocycles. The number of rotatable bonds is 4. The average molecular weight is 282 g/mol. The van der Waals surface area contributed by atoms with Gasteiger partial charge in [-0.25, -0.2) is 0 Å². The van der Waals surface area contributed by atoms with Crippen molar-refractivity contribution < 1.29 is 25.9 Å². The Morgan fingerprint density at radius 2 is 1.76 bits per heavy atom. The van der Waals surface area contributed by atoms with Crippen LogP contribution in [0.15, 0.2) is 23.1 Å². The molecule has 0 amide bonds. The molecule has 0 aliphatic carbocycles. The van der Waals surface area contributed by atoms with Gasteiger partial charge in [-0.1, -0.05) is 0 Å². The summed E-state index contributed by atoms with van der Waals surface area (Å²) in [5.74, 6) is -0.738. The third-order valence-corrected chi connectivity index (χ3v) is 3.18. The van der Waals surface area contributed by atoms with Crippen LogP contribution in [0, 0.1) is 0 Å². The number of hydrogen-bond acceptors (Lipinski definition) is 6. The molecule has 0 radical (unpaired) electrons. The summed E-state index contributed by atoms with van der Waals surface area (Å²) in [6.45, 7) is 0. The summed E-state index contributed by atoms with van der Waals surface area (Å²) in [6.07, 6.45) is 0. The number of hydrogen-bond donors (Lipinski definition) is 4. The van der Waals surface area contributed by atoms with E-state index in [1.54, 1.807) is 0 Å². The summed E-state index contributed by atoms with van der Waals surface area (Å²) in [4.78, 5) is -0.477. The first kappa shape index (κ1) is 13.7. The highest BCUT2D eigenvalue weighted by Gasteiger charge is 2.14. The van der Waals surface area contributed by atoms with Crippen molar-refractivity contribution in [2.24, 2.45) is 0 Å². The van der Waals surface area contributed by atoms with Crippen molar-refractivity contribution in [2.75, 3.05) is 16.9 Å². The zero-order valence-electron chi connectivity index (χ0n) is 8.36. The van der Waals surface area contributed by atoms with Crippen LogP contribution in [0.4, 0.5) is 11.4 Å². The lowest BCUT2D eigenvalue weighted by molar-refractivity contribution is 0.482. The maximum atomic E-state index is 10.8. The van der Waals surface area contributed by atoms with E-state index in [-0.39, 0.29) is 11.4 Å². The highest BCUT2D eigenvalue weighted by atomic mass is 32.2. The monoisotopic (exact) mass is 282 g/mol. The van der Waals surface area contributed by atoms with E-state index < -0.39 is 31.0 Å². The van der Waals surface area contributed by atoms with Gasteiger partial charge in [0, 0.05) is 5.69 Å². The van der Waals surface area contributed by atoms with Gasteiger partial charge >= 0.3 is 0 Å². The van der Waals surface area contributed by atoms with Crippen LogP contribution in [-0.2, 0) is 20.2 Å². The largest absolute Gasteiger partial charge is 0.398 e. The minimum absolute atomic E-state index is 0.188. The van der Waals surface area contributed by atoms with Crippen LogP contribution in [0.5, 0.6) is 0 Å². The Balaban J connectivity index is 2.98. The van der Waals surface area contributed by atoms with Crippen molar-refractivity contribution >= 4 is 31.6 Å². The molecule has 0 fully saturated rings. The number of anilines is 2. The van der Waals surface area contributed by atoms with E-state index in [1.807, 2.05) is 0 Å². The van der Waals surface area contributed by atoms with Crippen molar-refractivity contribution in [1.29, 1.82) is 0 Å². The summed E-state index contributed by atoms with van der Waals surface area (Å²) in [5.41, 5.74) is 5.30. The maximum absolute atomic E-state index is 10.8. The Kier molecular flexibility index (Phi) is 3.62. The lowest BCUT2D eigenvalue weighted by Gasteiger charge is -2.07. The van der Waals surface area contributed by atoms with Gasteiger partial charge in [0.15, 0.2) is 0 Å². The van der Waals surface area contributed by atoms with Crippen molar-refractivity contribution in [2.45, 2.75) is 4.90 Å². The quantitative estimate of drug-likeness (QED) is 0.437. The molecule has 0 atom stereocenters. The van der Waals surface area contributed by atoms with Crippen molar-refractivity contribution in [3.63, 3.8) is 0 Å². The first-order valence-corrected chi connectivity index (χ1v) is 7.20. The standard InChI is InChI=1S/C7H10N2O6S2/c8-6-3-5(9-4-16(10,11)12)1-2-7(6)17(13,14)15/h1-3,9H,4,8H2,(H,10,11,12)(H,13,14,15). The number of nitrogens with two attached hydrogens (primary N) is 1. The molecule has 0 bridgehead atoms. The molecular weight excluding hydrogens is 272 g/mol. The average Bonchev–Trinajstić information content (AvgIpc) is 2.11. The molecule has 5 N–H and O–H groups in total. The molecular formula is C7H10N2O6S2. The summed E-state index contributed by atoms with van der Waals surface area (Å²) < 4.78 is 59.7. The normalized spacial score (nSPS) is 12.4. The third-order valence-electron chi connectivity index (χ3n) is 1.75. The topological polar surface area (TPSA) is 147 Å². The van der Waals surface area contributed by atoms with Gasteiger partial charge in [-0.05, 0) is 18.2 Å². The summed E-state index contributed by atoms with van der Waals surface area (Å²) >= 11 is 0. The molecule has 0 saturated heterocycles.